The highest BCUT2D eigenvalue weighted by molar-refractivity contribution is 4.74. The largest absolute Gasteiger partial charge is 0.381 e. The van der Waals surface area contributed by atoms with Gasteiger partial charge in [0.25, 0.3) is 0 Å². The summed E-state index contributed by atoms with van der Waals surface area (Å²) in [5.41, 5.74) is 0. The molecule has 0 spiro atoms. The van der Waals surface area contributed by atoms with Crippen molar-refractivity contribution in [2.75, 3.05) is 7.11 Å². The van der Waals surface area contributed by atoms with Crippen LogP contribution in [0, 0.1) is 11.8 Å². The molecule has 0 aromatic carbocycles. The Bertz CT molecular complexity index is 101. The molecule has 3 atom stereocenters. The SMILES string of the molecule is COC1CCC(C)[C@@H](C)C1. The van der Waals surface area contributed by atoms with E-state index in [-0.39, 0.29) is 0 Å². The third kappa shape index (κ3) is 1.72. The van der Waals surface area contributed by atoms with Gasteiger partial charge in [-0.3, -0.25) is 0 Å². The van der Waals surface area contributed by atoms with Gasteiger partial charge in [0.1, 0.15) is 0 Å². The predicted octanol–water partition coefficient (Wildman–Crippen LogP) is 2.46. The van der Waals surface area contributed by atoms with Crippen molar-refractivity contribution in [3.8, 4) is 0 Å². The fourth-order valence-corrected chi connectivity index (χ4v) is 1.71. The molecule has 60 valence electrons. The smallest absolute Gasteiger partial charge is 0.0574 e. The minimum atomic E-state index is 0.547. The molecule has 0 radical (unpaired) electrons. The highest BCUT2D eigenvalue weighted by Crippen LogP contribution is 2.30. The zero-order chi connectivity index (χ0) is 7.56. The summed E-state index contributed by atoms with van der Waals surface area (Å²) in [6, 6.07) is 0. The molecule has 1 saturated carbocycles. The van der Waals surface area contributed by atoms with Crippen molar-refractivity contribution < 1.29 is 4.74 Å². The van der Waals surface area contributed by atoms with Crippen LogP contribution in [0.4, 0.5) is 0 Å². The van der Waals surface area contributed by atoms with E-state index in [0.29, 0.717) is 6.10 Å². The molecule has 1 aliphatic rings. The van der Waals surface area contributed by atoms with Crippen LogP contribution < -0.4 is 0 Å². The molecule has 1 fully saturated rings. The second kappa shape index (κ2) is 3.38. The van der Waals surface area contributed by atoms with E-state index in [9.17, 15) is 0 Å². The van der Waals surface area contributed by atoms with Crippen LogP contribution >= 0.6 is 0 Å². The Hall–Kier alpha value is -0.0400. The van der Waals surface area contributed by atoms with Gasteiger partial charge < -0.3 is 4.74 Å². The van der Waals surface area contributed by atoms with Crippen LogP contribution in [0.2, 0.25) is 0 Å². The fourth-order valence-electron chi connectivity index (χ4n) is 1.71. The molecule has 10 heavy (non-hydrogen) atoms. The van der Waals surface area contributed by atoms with Gasteiger partial charge in [0, 0.05) is 7.11 Å². The average molecular weight is 142 g/mol. The Balaban J connectivity index is 2.33. The molecule has 1 nitrogen and oxygen atoms in total. The normalized spacial score (nSPS) is 41.7. The topological polar surface area (TPSA) is 9.23 Å². The van der Waals surface area contributed by atoms with Crippen LogP contribution in [0.25, 0.3) is 0 Å². The van der Waals surface area contributed by atoms with Gasteiger partial charge in [-0.1, -0.05) is 13.8 Å². The number of methoxy groups -OCH3 is 1. The number of hydrogen-bond acceptors (Lipinski definition) is 1. The summed E-state index contributed by atoms with van der Waals surface area (Å²) < 4.78 is 5.31. The standard InChI is InChI=1S/C9H18O/c1-7-4-5-9(10-3)6-8(7)2/h7-9H,4-6H2,1-3H3/t7?,8-,9?/m0/s1. The minimum absolute atomic E-state index is 0.547. The van der Waals surface area contributed by atoms with Crippen LogP contribution in [-0.4, -0.2) is 13.2 Å². The van der Waals surface area contributed by atoms with Crippen LogP contribution in [0.1, 0.15) is 33.1 Å². The van der Waals surface area contributed by atoms with Gasteiger partial charge in [-0.25, -0.2) is 0 Å². The summed E-state index contributed by atoms with van der Waals surface area (Å²) in [4.78, 5) is 0. The fraction of sp³-hybridized carbons (Fsp3) is 1.00. The third-order valence-electron chi connectivity index (χ3n) is 2.88. The zero-order valence-electron chi connectivity index (χ0n) is 7.26. The zero-order valence-corrected chi connectivity index (χ0v) is 7.26. The average Bonchev–Trinajstić information content (AvgIpc) is 1.95. The number of rotatable bonds is 1. The Kier molecular flexibility index (Phi) is 2.72. The molecule has 0 aliphatic heterocycles. The maximum Gasteiger partial charge on any atom is 0.0574 e. The van der Waals surface area contributed by atoms with Crippen LogP contribution in [0.5, 0.6) is 0 Å². The summed E-state index contributed by atoms with van der Waals surface area (Å²) in [5, 5.41) is 0. The summed E-state index contributed by atoms with van der Waals surface area (Å²) in [7, 11) is 1.83. The summed E-state index contributed by atoms with van der Waals surface area (Å²) in [5.74, 6) is 1.77. The Morgan fingerprint density at radius 1 is 1.10 bits per heavy atom. The lowest BCUT2D eigenvalue weighted by Crippen LogP contribution is -2.25. The molecule has 2 unspecified atom stereocenters. The molecule has 0 bridgehead atoms. The first-order chi connectivity index (χ1) is 4.74. The van der Waals surface area contributed by atoms with E-state index in [2.05, 4.69) is 13.8 Å². The summed E-state index contributed by atoms with van der Waals surface area (Å²) in [6.07, 6.45) is 4.42. The Morgan fingerprint density at radius 3 is 2.30 bits per heavy atom. The lowest BCUT2D eigenvalue weighted by atomic mass is 9.80. The van der Waals surface area contributed by atoms with Gasteiger partial charge in [0.2, 0.25) is 0 Å². The van der Waals surface area contributed by atoms with E-state index in [0.717, 1.165) is 11.8 Å². The van der Waals surface area contributed by atoms with Crippen LogP contribution in [0.3, 0.4) is 0 Å². The van der Waals surface area contributed by atoms with Crippen LogP contribution in [0.15, 0.2) is 0 Å². The van der Waals surface area contributed by atoms with E-state index in [1.165, 1.54) is 19.3 Å². The van der Waals surface area contributed by atoms with Crippen molar-refractivity contribution in [3.63, 3.8) is 0 Å². The molecule has 0 heterocycles. The van der Waals surface area contributed by atoms with Gasteiger partial charge in [0.05, 0.1) is 6.10 Å². The predicted molar refractivity (Wildman–Crippen MR) is 43.0 cm³/mol. The number of ether oxygens (including phenoxy) is 1. The van der Waals surface area contributed by atoms with Gasteiger partial charge >= 0.3 is 0 Å². The van der Waals surface area contributed by atoms with E-state index in [1.807, 2.05) is 7.11 Å². The third-order valence-corrected chi connectivity index (χ3v) is 2.88. The summed E-state index contributed by atoms with van der Waals surface area (Å²) >= 11 is 0. The second-order valence-corrected chi connectivity index (χ2v) is 3.63. The monoisotopic (exact) mass is 142 g/mol. The van der Waals surface area contributed by atoms with Gasteiger partial charge in [-0.05, 0) is 31.1 Å². The first-order valence-corrected chi connectivity index (χ1v) is 4.26. The molecule has 0 aromatic rings. The van der Waals surface area contributed by atoms with E-state index in [1.54, 1.807) is 0 Å². The molecule has 1 aliphatic carbocycles. The minimum Gasteiger partial charge on any atom is -0.381 e. The molecule has 1 rings (SSSR count). The molecular formula is C9H18O. The maximum absolute atomic E-state index is 5.31. The van der Waals surface area contributed by atoms with Crippen molar-refractivity contribution >= 4 is 0 Å². The highest BCUT2D eigenvalue weighted by atomic mass is 16.5. The Labute approximate surface area is 63.8 Å². The van der Waals surface area contributed by atoms with E-state index < -0.39 is 0 Å². The summed E-state index contributed by atoms with van der Waals surface area (Å²) in [6.45, 7) is 4.67. The molecule has 0 N–H and O–H groups in total. The second-order valence-electron chi connectivity index (χ2n) is 3.63. The van der Waals surface area contributed by atoms with Crippen molar-refractivity contribution in [3.05, 3.63) is 0 Å². The van der Waals surface area contributed by atoms with E-state index in [4.69, 9.17) is 4.74 Å². The van der Waals surface area contributed by atoms with Gasteiger partial charge in [0.15, 0.2) is 0 Å². The number of hydrogen-bond donors (Lipinski definition) is 0. The van der Waals surface area contributed by atoms with E-state index >= 15 is 0 Å². The lowest BCUT2D eigenvalue weighted by Gasteiger charge is -2.30. The molecule has 1 heteroatoms. The Morgan fingerprint density at radius 2 is 1.80 bits per heavy atom. The van der Waals surface area contributed by atoms with Crippen molar-refractivity contribution in [2.24, 2.45) is 11.8 Å². The highest BCUT2D eigenvalue weighted by Gasteiger charge is 2.23. The molecule has 0 amide bonds. The molecule has 0 aromatic heterocycles. The molecule has 0 saturated heterocycles. The van der Waals surface area contributed by atoms with Crippen molar-refractivity contribution in [1.29, 1.82) is 0 Å². The maximum atomic E-state index is 5.31. The first kappa shape index (κ1) is 8.06. The quantitative estimate of drug-likeness (QED) is 0.546. The van der Waals surface area contributed by atoms with Crippen LogP contribution in [-0.2, 0) is 4.74 Å². The first-order valence-electron chi connectivity index (χ1n) is 4.26. The van der Waals surface area contributed by atoms with Crippen molar-refractivity contribution in [2.45, 2.75) is 39.2 Å². The lowest BCUT2D eigenvalue weighted by molar-refractivity contribution is 0.0368. The van der Waals surface area contributed by atoms with Gasteiger partial charge in [-0.15, -0.1) is 0 Å². The van der Waals surface area contributed by atoms with Crippen molar-refractivity contribution in [1.82, 2.24) is 0 Å². The molecular weight excluding hydrogens is 124 g/mol. The van der Waals surface area contributed by atoms with Gasteiger partial charge in [-0.2, -0.15) is 0 Å².